The maximum absolute atomic E-state index is 12.4. The molecular formula is C19H21N3OS. The minimum atomic E-state index is 0.140. The van der Waals surface area contributed by atoms with Crippen molar-refractivity contribution in [2.45, 2.75) is 31.7 Å². The maximum Gasteiger partial charge on any atom is 0.232 e. The number of likely N-dealkylation sites (tertiary alicyclic amines) is 1. The van der Waals surface area contributed by atoms with E-state index >= 15 is 0 Å². The van der Waals surface area contributed by atoms with E-state index in [-0.39, 0.29) is 5.91 Å². The zero-order valence-corrected chi connectivity index (χ0v) is 14.9. The number of benzene rings is 1. The number of piperidine rings is 1. The van der Waals surface area contributed by atoms with Gasteiger partial charge < -0.3 is 4.90 Å². The first-order chi connectivity index (χ1) is 11.6. The summed E-state index contributed by atoms with van der Waals surface area (Å²) in [6.45, 7) is 5.94. The van der Waals surface area contributed by atoms with Crippen molar-refractivity contribution in [3.63, 3.8) is 0 Å². The first kappa shape index (κ1) is 16.8. The molecule has 1 saturated heterocycles. The Hall–Kier alpha value is -2.06. The lowest BCUT2D eigenvalue weighted by Gasteiger charge is -2.30. The lowest BCUT2D eigenvalue weighted by atomic mass is 9.99. The van der Waals surface area contributed by atoms with E-state index in [0.29, 0.717) is 22.3 Å². The van der Waals surface area contributed by atoms with Crippen LogP contribution < -0.4 is 0 Å². The third-order valence-electron chi connectivity index (χ3n) is 4.52. The topological polar surface area (TPSA) is 57.0 Å². The monoisotopic (exact) mass is 339 g/mol. The van der Waals surface area contributed by atoms with Gasteiger partial charge in [-0.3, -0.25) is 4.79 Å². The van der Waals surface area contributed by atoms with Gasteiger partial charge in [-0.25, -0.2) is 4.98 Å². The average Bonchev–Trinajstić information content (AvgIpc) is 2.59. The first-order valence-corrected chi connectivity index (χ1v) is 9.27. The summed E-state index contributed by atoms with van der Waals surface area (Å²) in [5.74, 6) is 1.19. The molecule has 5 heteroatoms. The van der Waals surface area contributed by atoms with Gasteiger partial charge in [0.2, 0.25) is 5.91 Å². The van der Waals surface area contributed by atoms with E-state index in [1.807, 2.05) is 36.1 Å². The van der Waals surface area contributed by atoms with Crippen LogP contribution in [0.2, 0.25) is 0 Å². The summed E-state index contributed by atoms with van der Waals surface area (Å²) in [6.07, 6.45) is 2.15. The van der Waals surface area contributed by atoms with E-state index in [4.69, 9.17) is 0 Å². The number of hydrogen-bond acceptors (Lipinski definition) is 4. The highest BCUT2D eigenvalue weighted by molar-refractivity contribution is 8.00. The molecule has 0 saturated carbocycles. The SMILES string of the molecule is Cc1ccc2nc(SCC(=O)N3CCC(C)CC3)c(C#N)cc2c1. The third kappa shape index (κ3) is 3.70. The van der Waals surface area contributed by atoms with Crippen LogP contribution in [0.5, 0.6) is 0 Å². The van der Waals surface area contributed by atoms with Crippen molar-refractivity contribution >= 4 is 28.6 Å². The van der Waals surface area contributed by atoms with Crippen molar-refractivity contribution in [1.82, 2.24) is 9.88 Å². The van der Waals surface area contributed by atoms with Crippen molar-refractivity contribution in [2.75, 3.05) is 18.8 Å². The highest BCUT2D eigenvalue weighted by atomic mass is 32.2. The van der Waals surface area contributed by atoms with E-state index in [1.165, 1.54) is 11.8 Å². The molecule has 1 aromatic heterocycles. The molecule has 0 N–H and O–H groups in total. The van der Waals surface area contributed by atoms with Crippen LogP contribution in [0.1, 0.15) is 30.9 Å². The second kappa shape index (κ2) is 7.23. The van der Waals surface area contributed by atoms with Gasteiger partial charge in [0.15, 0.2) is 0 Å². The fourth-order valence-electron chi connectivity index (χ4n) is 2.95. The highest BCUT2D eigenvalue weighted by Crippen LogP contribution is 2.26. The molecule has 0 radical (unpaired) electrons. The van der Waals surface area contributed by atoms with Crippen LogP contribution in [0.15, 0.2) is 29.3 Å². The minimum Gasteiger partial charge on any atom is -0.342 e. The van der Waals surface area contributed by atoms with Gasteiger partial charge in [-0.05, 0) is 43.9 Å². The number of nitriles is 1. The second-order valence-corrected chi connectivity index (χ2v) is 7.47. The molecule has 2 heterocycles. The molecule has 1 fully saturated rings. The molecule has 0 unspecified atom stereocenters. The number of hydrogen-bond donors (Lipinski definition) is 0. The van der Waals surface area contributed by atoms with Gasteiger partial charge in [-0.2, -0.15) is 5.26 Å². The summed E-state index contributed by atoms with van der Waals surface area (Å²) in [6, 6.07) is 10.1. The predicted molar refractivity (Wildman–Crippen MR) is 96.9 cm³/mol. The zero-order chi connectivity index (χ0) is 17.1. The Bertz CT molecular complexity index is 804. The number of carbonyl (C=O) groups is 1. The standard InChI is InChI=1S/C19H21N3OS/c1-13-5-7-22(8-6-13)18(23)12-24-19-16(11-20)10-15-9-14(2)3-4-17(15)21-19/h3-4,9-10,13H,5-8,12H2,1-2H3. The van der Waals surface area contributed by atoms with Gasteiger partial charge in [0, 0.05) is 18.5 Å². The van der Waals surface area contributed by atoms with Crippen molar-refractivity contribution in [3.05, 3.63) is 35.4 Å². The van der Waals surface area contributed by atoms with Gasteiger partial charge in [0.1, 0.15) is 11.1 Å². The van der Waals surface area contributed by atoms with Crippen LogP contribution in [0.4, 0.5) is 0 Å². The number of carbonyl (C=O) groups excluding carboxylic acids is 1. The Morgan fingerprint density at radius 2 is 2.12 bits per heavy atom. The number of rotatable bonds is 3. The number of fused-ring (bicyclic) bond motifs is 1. The van der Waals surface area contributed by atoms with Gasteiger partial charge in [-0.1, -0.05) is 30.3 Å². The number of thioether (sulfide) groups is 1. The van der Waals surface area contributed by atoms with Gasteiger partial charge >= 0.3 is 0 Å². The molecular weight excluding hydrogens is 318 g/mol. The molecule has 0 bridgehead atoms. The molecule has 24 heavy (non-hydrogen) atoms. The van der Waals surface area contributed by atoms with E-state index in [9.17, 15) is 10.1 Å². The number of amides is 1. The Morgan fingerprint density at radius 3 is 2.83 bits per heavy atom. The zero-order valence-electron chi connectivity index (χ0n) is 14.1. The Kier molecular flexibility index (Phi) is 5.06. The fourth-order valence-corrected chi connectivity index (χ4v) is 3.81. The average molecular weight is 339 g/mol. The van der Waals surface area contributed by atoms with E-state index < -0.39 is 0 Å². The van der Waals surface area contributed by atoms with E-state index in [0.717, 1.165) is 42.4 Å². The summed E-state index contributed by atoms with van der Waals surface area (Å²) in [5, 5.41) is 11.0. The molecule has 2 aromatic rings. The number of pyridine rings is 1. The molecule has 4 nitrogen and oxygen atoms in total. The normalized spacial score (nSPS) is 15.5. The minimum absolute atomic E-state index is 0.140. The number of aryl methyl sites for hydroxylation is 1. The summed E-state index contributed by atoms with van der Waals surface area (Å²) in [4.78, 5) is 18.9. The van der Waals surface area contributed by atoms with Crippen molar-refractivity contribution in [2.24, 2.45) is 5.92 Å². The summed E-state index contributed by atoms with van der Waals surface area (Å²) >= 11 is 1.37. The predicted octanol–water partition coefficient (Wildman–Crippen LogP) is 3.77. The van der Waals surface area contributed by atoms with Crippen molar-refractivity contribution in [3.8, 4) is 6.07 Å². The summed E-state index contributed by atoms with van der Waals surface area (Å²) < 4.78 is 0. The van der Waals surface area contributed by atoms with Crippen LogP contribution in [-0.2, 0) is 4.79 Å². The lowest BCUT2D eigenvalue weighted by Crippen LogP contribution is -2.38. The molecule has 3 rings (SSSR count). The first-order valence-electron chi connectivity index (χ1n) is 8.29. The second-order valence-electron chi connectivity index (χ2n) is 6.50. The van der Waals surface area contributed by atoms with Crippen LogP contribution >= 0.6 is 11.8 Å². The quantitative estimate of drug-likeness (QED) is 0.799. The Balaban J connectivity index is 1.73. The van der Waals surface area contributed by atoms with Crippen LogP contribution in [-0.4, -0.2) is 34.6 Å². The Morgan fingerprint density at radius 1 is 1.38 bits per heavy atom. The van der Waals surface area contributed by atoms with Gasteiger partial charge in [-0.15, -0.1) is 0 Å². The Labute approximate surface area is 146 Å². The van der Waals surface area contributed by atoms with E-state index in [2.05, 4.69) is 18.0 Å². The third-order valence-corrected chi connectivity index (χ3v) is 5.50. The number of nitrogens with zero attached hydrogens (tertiary/aromatic N) is 3. The molecule has 0 spiro atoms. The molecule has 124 valence electrons. The summed E-state index contributed by atoms with van der Waals surface area (Å²) in [7, 11) is 0. The van der Waals surface area contributed by atoms with E-state index in [1.54, 1.807) is 0 Å². The molecule has 0 atom stereocenters. The smallest absolute Gasteiger partial charge is 0.232 e. The van der Waals surface area contributed by atoms with Crippen LogP contribution in [0, 0.1) is 24.2 Å². The molecule has 1 amide bonds. The molecule has 1 aliphatic rings. The van der Waals surface area contributed by atoms with Crippen molar-refractivity contribution in [1.29, 1.82) is 5.26 Å². The molecule has 1 aromatic carbocycles. The molecule has 0 aliphatic carbocycles. The van der Waals surface area contributed by atoms with Crippen LogP contribution in [0.3, 0.4) is 0 Å². The fraction of sp³-hybridized carbons (Fsp3) is 0.421. The highest BCUT2D eigenvalue weighted by Gasteiger charge is 2.20. The maximum atomic E-state index is 12.4. The van der Waals surface area contributed by atoms with Crippen molar-refractivity contribution < 1.29 is 4.79 Å². The summed E-state index contributed by atoms with van der Waals surface area (Å²) in [5.41, 5.74) is 2.54. The molecule has 1 aliphatic heterocycles. The van der Waals surface area contributed by atoms with Gasteiger partial charge in [0.05, 0.1) is 16.8 Å². The number of aromatic nitrogens is 1. The lowest BCUT2D eigenvalue weighted by molar-refractivity contribution is -0.129. The van der Waals surface area contributed by atoms with Crippen LogP contribution in [0.25, 0.3) is 10.9 Å². The largest absolute Gasteiger partial charge is 0.342 e. The van der Waals surface area contributed by atoms with Gasteiger partial charge in [0.25, 0.3) is 0 Å².